The molecule has 1 aliphatic rings. The van der Waals surface area contributed by atoms with Gasteiger partial charge in [0.2, 0.25) is 0 Å². The van der Waals surface area contributed by atoms with E-state index in [9.17, 15) is 4.79 Å². The van der Waals surface area contributed by atoms with Crippen LogP contribution in [0.5, 0.6) is 0 Å². The van der Waals surface area contributed by atoms with Crippen LogP contribution in [0.15, 0.2) is 16.8 Å². The summed E-state index contributed by atoms with van der Waals surface area (Å²) in [4.78, 5) is 11.9. The molecule has 0 bridgehead atoms. The second-order valence-corrected chi connectivity index (χ2v) is 5.17. The van der Waals surface area contributed by atoms with Gasteiger partial charge in [0.1, 0.15) is 5.78 Å². The standard InChI is InChI=1S/C12H17NOS/c13-11-3-1-10(2-4-11)12(14)7-9-5-6-15-8-9/h5-6,8,10-11H,1-4,7,13H2. The largest absolute Gasteiger partial charge is 0.328 e. The first kappa shape index (κ1) is 10.8. The van der Waals surface area contributed by atoms with Gasteiger partial charge in [0.05, 0.1) is 0 Å². The van der Waals surface area contributed by atoms with E-state index < -0.39 is 0 Å². The highest BCUT2D eigenvalue weighted by molar-refractivity contribution is 7.07. The lowest BCUT2D eigenvalue weighted by Gasteiger charge is -2.24. The summed E-state index contributed by atoms with van der Waals surface area (Å²) in [7, 11) is 0. The summed E-state index contributed by atoms with van der Waals surface area (Å²) in [6.07, 6.45) is 4.62. The van der Waals surface area contributed by atoms with Crippen molar-refractivity contribution in [2.45, 2.75) is 38.1 Å². The molecule has 82 valence electrons. The Balaban J connectivity index is 1.86. The van der Waals surface area contributed by atoms with Crippen LogP contribution in [-0.4, -0.2) is 11.8 Å². The first-order valence-corrected chi connectivity index (χ1v) is 6.49. The third-order valence-corrected chi connectivity index (χ3v) is 3.92. The van der Waals surface area contributed by atoms with Crippen LogP contribution in [0.25, 0.3) is 0 Å². The molecule has 1 saturated carbocycles. The Labute approximate surface area is 94.5 Å². The van der Waals surface area contributed by atoms with E-state index in [4.69, 9.17) is 5.73 Å². The van der Waals surface area contributed by atoms with Crippen molar-refractivity contribution in [2.24, 2.45) is 11.7 Å². The van der Waals surface area contributed by atoms with Gasteiger partial charge in [-0.05, 0) is 48.1 Å². The van der Waals surface area contributed by atoms with Crippen molar-refractivity contribution in [3.05, 3.63) is 22.4 Å². The number of nitrogens with two attached hydrogens (primary N) is 1. The highest BCUT2D eigenvalue weighted by Crippen LogP contribution is 2.25. The molecule has 0 amide bonds. The van der Waals surface area contributed by atoms with Crippen molar-refractivity contribution >= 4 is 17.1 Å². The molecular formula is C12H17NOS. The van der Waals surface area contributed by atoms with Gasteiger partial charge in [-0.25, -0.2) is 0 Å². The smallest absolute Gasteiger partial charge is 0.140 e. The zero-order valence-corrected chi connectivity index (χ0v) is 9.63. The monoisotopic (exact) mass is 223 g/mol. The normalized spacial score (nSPS) is 26.5. The summed E-state index contributed by atoms with van der Waals surface area (Å²) in [5, 5.41) is 4.09. The first-order valence-electron chi connectivity index (χ1n) is 5.55. The molecule has 1 aromatic heterocycles. The second kappa shape index (κ2) is 4.90. The zero-order valence-electron chi connectivity index (χ0n) is 8.82. The highest BCUT2D eigenvalue weighted by Gasteiger charge is 2.24. The molecule has 0 atom stereocenters. The van der Waals surface area contributed by atoms with Crippen LogP contribution in [0.1, 0.15) is 31.2 Å². The number of carbonyl (C=O) groups is 1. The Morgan fingerprint density at radius 1 is 1.40 bits per heavy atom. The minimum Gasteiger partial charge on any atom is -0.328 e. The lowest BCUT2D eigenvalue weighted by Crippen LogP contribution is -2.30. The summed E-state index contributed by atoms with van der Waals surface area (Å²) >= 11 is 1.66. The van der Waals surface area contributed by atoms with E-state index >= 15 is 0 Å². The number of hydrogen-bond donors (Lipinski definition) is 1. The number of carbonyl (C=O) groups excluding carboxylic acids is 1. The molecule has 2 nitrogen and oxygen atoms in total. The predicted octanol–water partition coefficient (Wildman–Crippen LogP) is 2.38. The first-order chi connectivity index (χ1) is 7.25. The van der Waals surface area contributed by atoms with Crippen LogP contribution in [0.2, 0.25) is 0 Å². The van der Waals surface area contributed by atoms with Gasteiger partial charge < -0.3 is 5.73 Å². The van der Waals surface area contributed by atoms with Crippen LogP contribution < -0.4 is 5.73 Å². The summed E-state index contributed by atoms with van der Waals surface area (Å²) < 4.78 is 0. The number of ketones is 1. The van der Waals surface area contributed by atoms with Crippen LogP contribution in [0.4, 0.5) is 0 Å². The van der Waals surface area contributed by atoms with Crippen LogP contribution >= 0.6 is 11.3 Å². The van der Waals surface area contributed by atoms with Crippen molar-refractivity contribution < 1.29 is 4.79 Å². The molecule has 1 aromatic rings. The maximum absolute atomic E-state index is 11.9. The fourth-order valence-electron chi connectivity index (χ4n) is 2.18. The fraction of sp³-hybridized carbons (Fsp3) is 0.583. The average Bonchev–Trinajstić information content (AvgIpc) is 2.71. The molecule has 0 spiro atoms. The Bertz CT molecular complexity index is 312. The summed E-state index contributed by atoms with van der Waals surface area (Å²) in [6.45, 7) is 0. The molecule has 0 aliphatic heterocycles. The summed E-state index contributed by atoms with van der Waals surface area (Å²) in [5.74, 6) is 0.671. The van der Waals surface area contributed by atoms with Gasteiger partial charge in [0.15, 0.2) is 0 Å². The number of thiophene rings is 1. The molecule has 1 aliphatic carbocycles. The van der Waals surface area contributed by atoms with Gasteiger partial charge in [-0.15, -0.1) is 0 Å². The van der Waals surface area contributed by atoms with Crippen molar-refractivity contribution in [3.63, 3.8) is 0 Å². The molecule has 0 unspecified atom stereocenters. The molecule has 0 radical (unpaired) electrons. The number of Topliss-reactive ketones (excluding diaryl/α,β-unsaturated/α-hetero) is 1. The molecule has 1 fully saturated rings. The Morgan fingerprint density at radius 2 is 2.13 bits per heavy atom. The Morgan fingerprint density at radius 3 is 2.73 bits per heavy atom. The summed E-state index contributed by atoms with van der Waals surface area (Å²) in [5.41, 5.74) is 6.99. The molecule has 3 heteroatoms. The summed E-state index contributed by atoms with van der Waals surface area (Å²) in [6, 6.07) is 2.37. The van der Waals surface area contributed by atoms with E-state index in [2.05, 4.69) is 5.38 Å². The van der Waals surface area contributed by atoms with E-state index in [1.807, 2.05) is 11.4 Å². The zero-order chi connectivity index (χ0) is 10.7. The molecular weight excluding hydrogens is 206 g/mol. The van der Waals surface area contributed by atoms with Gasteiger partial charge in [0.25, 0.3) is 0 Å². The highest BCUT2D eigenvalue weighted by atomic mass is 32.1. The fourth-order valence-corrected chi connectivity index (χ4v) is 2.85. The van der Waals surface area contributed by atoms with Gasteiger partial charge in [-0.1, -0.05) is 0 Å². The minimum atomic E-state index is 0.268. The van der Waals surface area contributed by atoms with Gasteiger partial charge in [0, 0.05) is 18.4 Å². The maximum atomic E-state index is 11.9. The van der Waals surface area contributed by atoms with E-state index in [0.717, 1.165) is 25.7 Å². The van der Waals surface area contributed by atoms with Gasteiger partial charge >= 0.3 is 0 Å². The topological polar surface area (TPSA) is 43.1 Å². The second-order valence-electron chi connectivity index (χ2n) is 4.39. The third kappa shape index (κ3) is 2.89. The van der Waals surface area contributed by atoms with Crippen molar-refractivity contribution in [2.75, 3.05) is 0 Å². The number of hydrogen-bond acceptors (Lipinski definition) is 3. The molecule has 2 N–H and O–H groups in total. The van der Waals surface area contributed by atoms with Gasteiger partial charge in [-0.3, -0.25) is 4.79 Å². The molecule has 0 aromatic carbocycles. The maximum Gasteiger partial charge on any atom is 0.140 e. The number of rotatable bonds is 3. The quantitative estimate of drug-likeness (QED) is 0.855. The lowest BCUT2D eigenvalue weighted by atomic mass is 9.82. The van der Waals surface area contributed by atoms with Crippen LogP contribution in [-0.2, 0) is 11.2 Å². The molecule has 1 heterocycles. The molecule has 2 rings (SSSR count). The van der Waals surface area contributed by atoms with Crippen LogP contribution in [0, 0.1) is 5.92 Å². The molecule has 0 saturated heterocycles. The van der Waals surface area contributed by atoms with Gasteiger partial charge in [-0.2, -0.15) is 11.3 Å². The molecule has 15 heavy (non-hydrogen) atoms. The Hall–Kier alpha value is -0.670. The minimum absolute atomic E-state index is 0.268. The van der Waals surface area contributed by atoms with E-state index in [-0.39, 0.29) is 5.92 Å². The van der Waals surface area contributed by atoms with Crippen molar-refractivity contribution in [1.82, 2.24) is 0 Å². The average molecular weight is 223 g/mol. The predicted molar refractivity (Wildman–Crippen MR) is 63.0 cm³/mol. The van der Waals surface area contributed by atoms with E-state index in [0.29, 0.717) is 18.2 Å². The third-order valence-electron chi connectivity index (χ3n) is 3.19. The Kier molecular flexibility index (Phi) is 3.54. The van der Waals surface area contributed by atoms with Crippen LogP contribution in [0.3, 0.4) is 0 Å². The SMILES string of the molecule is NC1CCC(C(=O)Cc2ccsc2)CC1. The van der Waals surface area contributed by atoms with Crippen molar-refractivity contribution in [1.29, 1.82) is 0 Å². The lowest BCUT2D eigenvalue weighted by molar-refractivity contribution is -0.123. The van der Waals surface area contributed by atoms with E-state index in [1.54, 1.807) is 11.3 Å². The van der Waals surface area contributed by atoms with E-state index in [1.165, 1.54) is 5.56 Å². The van der Waals surface area contributed by atoms with Crippen molar-refractivity contribution in [3.8, 4) is 0 Å².